The fraction of sp³-hybridized carbons (Fsp3) is 0.250. The number of anilines is 6. The van der Waals surface area contributed by atoms with Crippen LogP contribution in [0.3, 0.4) is 0 Å². The Labute approximate surface area is 689 Å². The molecule has 3 aliphatic heterocycles. The Morgan fingerprint density at radius 2 is 0.802 bits per heavy atom. The van der Waals surface area contributed by atoms with Crippen molar-refractivity contribution >= 4 is 100 Å². The molecule has 2 unspecified atom stereocenters. The first kappa shape index (κ1) is 74.6. The van der Waals surface area contributed by atoms with Gasteiger partial charge in [-0.1, -0.05) is 365 Å². The predicted molar refractivity (Wildman–Crippen MR) is 502 cm³/mol. The normalized spacial score (nSPS) is 15.4. The van der Waals surface area contributed by atoms with Gasteiger partial charge in [-0.3, -0.25) is 0 Å². The summed E-state index contributed by atoms with van der Waals surface area (Å²) >= 11 is 0. The fourth-order valence-electron chi connectivity index (χ4n) is 20.1. The summed E-state index contributed by atoms with van der Waals surface area (Å²) in [6.45, 7) is 37.1. The zero-order valence-electron chi connectivity index (χ0n) is 70.6. The molecule has 0 amide bonds. The van der Waals surface area contributed by atoms with E-state index in [0.717, 1.165) is 38.8 Å². The van der Waals surface area contributed by atoms with Crippen molar-refractivity contribution in [3.63, 3.8) is 0 Å². The molecule has 4 heteroatoms. The van der Waals surface area contributed by atoms with Crippen molar-refractivity contribution in [2.24, 2.45) is 10.8 Å². The Kier molecular flexibility index (Phi) is 18.1. The van der Waals surface area contributed by atoms with E-state index in [1.807, 2.05) is 0 Å². The molecule has 19 rings (SSSR count). The second-order valence-corrected chi connectivity index (χ2v) is 39.3. The number of fused-ring (bicyclic) bond motifs is 9. The van der Waals surface area contributed by atoms with E-state index >= 15 is 0 Å². The Bertz CT molecular complexity index is 6300. The molecule has 0 radical (unpaired) electrons. The molecule has 0 bridgehead atoms. The molecule has 4 aliphatic rings. The van der Waals surface area contributed by atoms with Crippen LogP contribution in [0.25, 0.3) is 87.6 Å². The predicted octanol–water partition coefficient (Wildman–Crippen LogP) is 27.5. The molecular formula is C112H108BN3. The van der Waals surface area contributed by atoms with Crippen molar-refractivity contribution in [3.05, 3.63) is 353 Å². The van der Waals surface area contributed by atoms with Gasteiger partial charge in [0.25, 0.3) is 6.71 Å². The number of allylic oxidation sites excluding steroid dienone is 2. The van der Waals surface area contributed by atoms with Crippen LogP contribution >= 0.6 is 0 Å². The maximum absolute atomic E-state index is 2.83. The quantitative estimate of drug-likeness (QED) is 0.0610. The monoisotopic (exact) mass is 1510 g/mol. The van der Waals surface area contributed by atoms with Gasteiger partial charge in [-0.15, -0.1) is 0 Å². The zero-order chi connectivity index (χ0) is 80.1. The van der Waals surface area contributed by atoms with Crippen LogP contribution in [-0.2, 0) is 41.9 Å². The highest BCUT2D eigenvalue weighted by molar-refractivity contribution is 7.00. The summed E-state index contributed by atoms with van der Waals surface area (Å²) in [6.07, 6.45) is 10.9. The molecular weight excluding hydrogens is 1400 g/mol. The number of rotatable bonds is 14. The number of hydrogen-bond donors (Lipinski definition) is 0. The molecule has 2 atom stereocenters. The van der Waals surface area contributed by atoms with Crippen molar-refractivity contribution in [3.8, 4) is 44.5 Å². The molecule has 574 valence electrons. The molecule has 0 saturated carbocycles. The van der Waals surface area contributed by atoms with Crippen molar-refractivity contribution in [1.82, 2.24) is 0 Å². The third-order valence-electron chi connectivity index (χ3n) is 25.9. The topological polar surface area (TPSA) is 9.72 Å². The molecule has 0 fully saturated rings. The first-order valence-electron chi connectivity index (χ1n) is 42.6. The third-order valence-corrected chi connectivity index (χ3v) is 25.9. The van der Waals surface area contributed by atoms with Gasteiger partial charge in [0.2, 0.25) is 0 Å². The molecule has 0 saturated heterocycles. The van der Waals surface area contributed by atoms with Crippen LogP contribution < -0.4 is 31.1 Å². The lowest BCUT2D eigenvalue weighted by atomic mass is 9.33. The van der Waals surface area contributed by atoms with Crippen molar-refractivity contribution in [1.29, 1.82) is 0 Å². The third kappa shape index (κ3) is 13.3. The largest absolute Gasteiger partial charge is 0.342 e. The van der Waals surface area contributed by atoms with Gasteiger partial charge in [-0.2, -0.15) is 0 Å². The summed E-state index contributed by atoms with van der Waals surface area (Å²) in [5.41, 5.74) is 35.3. The lowest BCUT2D eigenvalue weighted by molar-refractivity contribution is 0.411. The summed E-state index contributed by atoms with van der Waals surface area (Å²) in [4.78, 5) is 8.36. The number of benzene rings is 15. The smallest absolute Gasteiger partial charge is 0.252 e. The maximum atomic E-state index is 2.83. The van der Waals surface area contributed by atoms with Gasteiger partial charge >= 0.3 is 0 Å². The Morgan fingerprint density at radius 1 is 0.345 bits per heavy atom. The highest BCUT2D eigenvalue weighted by Crippen LogP contribution is 2.53. The Hall–Kier alpha value is -11.5. The average molecular weight is 1510 g/mol. The van der Waals surface area contributed by atoms with Crippen LogP contribution in [0.2, 0.25) is 0 Å². The van der Waals surface area contributed by atoms with Crippen molar-refractivity contribution < 1.29 is 0 Å². The van der Waals surface area contributed by atoms with Gasteiger partial charge < -0.3 is 14.7 Å². The van der Waals surface area contributed by atoms with Gasteiger partial charge in [0.15, 0.2) is 0 Å². The van der Waals surface area contributed by atoms with Crippen LogP contribution in [0.5, 0.6) is 0 Å². The first-order chi connectivity index (χ1) is 55.6. The highest BCUT2D eigenvalue weighted by atomic mass is 15.2. The van der Waals surface area contributed by atoms with Gasteiger partial charge in [-0.25, -0.2) is 0 Å². The van der Waals surface area contributed by atoms with Crippen LogP contribution in [0.4, 0.5) is 34.1 Å². The van der Waals surface area contributed by atoms with E-state index in [4.69, 9.17) is 0 Å². The summed E-state index contributed by atoms with van der Waals surface area (Å²) in [7, 11) is 0. The van der Waals surface area contributed by atoms with Crippen molar-refractivity contribution in [2.75, 3.05) is 27.8 Å². The van der Waals surface area contributed by atoms with E-state index in [1.165, 1.54) is 194 Å². The minimum Gasteiger partial charge on any atom is -0.342 e. The van der Waals surface area contributed by atoms with Crippen LogP contribution in [-0.4, -0.2) is 25.8 Å². The van der Waals surface area contributed by atoms with Gasteiger partial charge in [-0.05, 0) is 249 Å². The zero-order valence-corrected chi connectivity index (χ0v) is 70.6. The maximum Gasteiger partial charge on any atom is 0.252 e. The molecule has 0 spiro atoms. The molecule has 3 nitrogen and oxygen atoms in total. The molecule has 15 aromatic rings. The van der Waals surface area contributed by atoms with Crippen LogP contribution in [0.15, 0.2) is 303 Å². The number of hydrogen-bond acceptors (Lipinski definition) is 3. The second kappa shape index (κ2) is 28.2. The molecule has 1 aliphatic carbocycles. The van der Waals surface area contributed by atoms with Gasteiger partial charge in [0.05, 0.1) is 6.04 Å². The first-order valence-corrected chi connectivity index (χ1v) is 42.6. The van der Waals surface area contributed by atoms with E-state index in [1.54, 1.807) is 0 Å². The van der Waals surface area contributed by atoms with Gasteiger partial charge in [0.1, 0.15) is 0 Å². The van der Waals surface area contributed by atoms with E-state index in [-0.39, 0.29) is 45.7 Å². The Balaban J connectivity index is 0.854. The molecule has 116 heavy (non-hydrogen) atoms. The fourth-order valence-corrected chi connectivity index (χ4v) is 20.1. The van der Waals surface area contributed by atoms with Crippen LogP contribution in [0, 0.1) is 10.8 Å². The Morgan fingerprint density at radius 3 is 1.28 bits per heavy atom. The van der Waals surface area contributed by atoms with E-state index in [2.05, 4.69) is 416 Å². The second-order valence-electron chi connectivity index (χ2n) is 39.3. The standard InChI is InChI=1S/C112H108BN3/c1-108(2,3)70-73-61-103-107-104(62-73)115(56-54-86-92(76-35-24-18-25-36-76)67-83(112(13,14)15)68-93(86)77-37-26-19-27-38-77)102-69-84(116-99-51-46-80(109(4,5)6)63-94(99)95-64-81(110(7,8)9)47-52-100(95)116)48-50-98(102)113(107)97-49-45-71(57-72-58-79-41-30-43-88-87-42-28-39-78-40-29-44-89(105(78)87)96(59-72)106(79)88)60-101(97)114(103)55-53-85-90(74-31-20-16-21-32-74)65-82(111(10,11)12)66-91(85)75-33-22-17-23-34-75/h16-52,58-69,94,99H,53-57,70H2,1-15H3. The summed E-state index contributed by atoms with van der Waals surface area (Å²) < 4.78 is 0. The molecule has 15 aromatic carbocycles. The minimum atomic E-state index is -0.0982. The summed E-state index contributed by atoms with van der Waals surface area (Å²) in [5.74, 6) is 0.182. The SMILES string of the molecule is CC(C)(C)Cc1cc2c3c(c1)N(CCc1c(-c4ccccc4)cc(C(C)(C)C)cc1-c1ccccc1)c1cc(N4c5ccc(C(C)(C)C)cc5C5C=C(C(C)(C)C)C=CC54)ccc1B3c1ccc(Cc3cc4cccc5c6cccc7cccc(c(c3)c45)c76)cc1N2CCc1c(-c2ccccc2)cc(C(C)(C)C)cc1-c1ccccc1. The van der Waals surface area contributed by atoms with E-state index < -0.39 is 0 Å². The highest BCUT2D eigenvalue weighted by Gasteiger charge is 2.46. The van der Waals surface area contributed by atoms with Crippen molar-refractivity contribution in [2.45, 2.75) is 158 Å². The lowest BCUT2D eigenvalue weighted by Gasteiger charge is -2.45. The molecule has 3 heterocycles. The molecule has 0 aromatic heterocycles. The minimum absolute atomic E-state index is 0.00499. The van der Waals surface area contributed by atoms with E-state index in [9.17, 15) is 0 Å². The summed E-state index contributed by atoms with van der Waals surface area (Å²) in [5, 5.41) is 10.6. The van der Waals surface area contributed by atoms with Gasteiger partial charge in [0, 0.05) is 53.1 Å². The number of nitrogens with zero attached hydrogens (tertiary/aromatic N) is 3. The molecule has 0 N–H and O–H groups in total. The van der Waals surface area contributed by atoms with Crippen LogP contribution in [0.1, 0.15) is 160 Å². The summed E-state index contributed by atoms with van der Waals surface area (Å²) in [6, 6.07) is 109. The van der Waals surface area contributed by atoms with E-state index in [0.29, 0.717) is 0 Å². The lowest BCUT2D eigenvalue weighted by Crippen LogP contribution is -2.62. The average Bonchev–Trinajstić information content (AvgIpc) is 0.838.